The highest BCUT2D eigenvalue weighted by molar-refractivity contribution is 6.33. The van der Waals surface area contributed by atoms with E-state index >= 15 is 0 Å². The maximum Gasteiger partial charge on any atom is 0.416 e. The van der Waals surface area contributed by atoms with Gasteiger partial charge in [-0.05, 0) is 25.2 Å². The van der Waals surface area contributed by atoms with E-state index in [9.17, 15) is 13.2 Å². The van der Waals surface area contributed by atoms with E-state index in [2.05, 4.69) is 10.2 Å². The molecular formula is C13H16ClF3N2O. The predicted molar refractivity (Wildman–Crippen MR) is 72.2 cm³/mol. The monoisotopic (exact) mass is 308 g/mol. The number of benzene rings is 1. The van der Waals surface area contributed by atoms with Crippen LogP contribution in [0.1, 0.15) is 5.56 Å². The first-order valence-electron chi connectivity index (χ1n) is 6.27. The molecule has 112 valence electrons. The van der Waals surface area contributed by atoms with Gasteiger partial charge in [-0.1, -0.05) is 11.6 Å². The molecule has 1 unspecified atom stereocenters. The van der Waals surface area contributed by atoms with Crippen LogP contribution in [0.2, 0.25) is 5.02 Å². The molecule has 1 aliphatic rings. The molecule has 2 rings (SSSR count). The number of morpholine rings is 1. The van der Waals surface area contributed by atoms with Gasteiger partial charge in [-0.2, -0.15) is 13.2 Å². The summed E-state index contributed by atoms with van der Waals surface area (Å²) in [6.07, 6.45) is -4.43. The minimum atomic E-state index is -4.37. The number of hydrogen-bond donors (Lipinski definition) is 1. The van der Waals surface area contributed by atoms with Gasteiger partial charge < -0.3 is 15.0 Å². The summed E-state index contributed by atoms with van der Waals surface area (Å²) in [5.74, 6) is 0. The lowest BCUT2D eigenvalue weighted by Gasteiger charge is -2.30. The molecular weight excluding hydrogens is 293 g/mol. The molecule has 1 aromatic rings. The van der Waals surface area contributed by atoms with Crippen molar-refractivity contribution < 1.29 is 17.9 Å². The third-order valence-electron chi connectivity index (χ3n) is 3.16. The average molecular weight is 309 g/mol. The van der Waals surface area contributed by atoms with E-state index in [1.54, 1.807) is 0 Å². The van der Waals surface area contributed by atoms with E-state index in [0.29, 0.717) is 13.2 Å². The van der Waals surface area contributed by atoms with E-state index in [1.807, 2.05) is 7.05 Å². The Morgan fingerprint density at radius 2 is 2.20 bits per heavy atom. The molecule has 1 atom stereocenters. The van der Waals surface area contributed by atoms with Crippen LogP contribution >= 0.6 is 11.6 Å². The van der Waals surface area contributed by atoms with E-state index in [-0.39, 0.29) is 16.8 Å². The van der Waals surface area contributed by atoms with Crippen LogP contribution in [0.5, 0.6) is 0 Å². The number of nitrogens with one attached hydrogen (secondary N) is 1. The third kappa shape index (κ3) is 4.01. The predicted octanol–water partition coefficient (Wildman–Crippen LogP) is 3.10. The summed E-state index contributed by atoms with van der Waals surface area (Å²) in [5, 5.41) is 3.20. The zero-order chi connectivity index (χ0) is 14.8. The Labute approximate surface area is 120 Å². The Hall–Kier alpha value is -0.980. The zero-order valence-corrected chi connectivity index (χ0v) is 11.8. The van der Waals surface area contributed by atoms with Crippen LogP contribution in [0, 0.1) is 0 Å². The highest BCUT2D eigenvalue weighted by atomic mass is 35.5. The summed E-state index contributed by atoms with van der Waals surface area (Å²) in [6, 6.07) is 3.24. The molecule has 0 spiro atoms. The molecule has 0 saturated carbocycles. The summed E-state index contributed by atoms with van der Waals surface area (Å²) in [6.45, 7) is 2.65. The number of nitrogens with zero attached hydrogens (tertiary/aromatic N) is 1. The number of hydrogen-bond acceptors (Lipinski definition) is 3. The summed E-state index contributed by atoms with van der Waals surface area (Å²) >= 11 is 5.91. The van der Waals surface area contributed by atoms with Crippen LogP contribution < -0.4 is 5.32 Å². The van der Waals surface area contributed by atoms with Crippen molar-refractivity contribution in [1.82, 2.24) is 4.90 Å². The first-order valence-corrected chi connectivity index (χ1v) is 6.65. The molecule has 0 radical (unpaired) electrons. The Bertz CT molecular complexity index is 467. The van der Waals surface area contributed by atoms with Gasteiger partial charge in [0.2, 0.25) is 0 Å². The second-order valence-electron chi connectivity index (χ2n) is 4.83. The van der Waals surface area contributed by atoms with Crippen molar-refractivity contribution in [2.75, 3.05) is 38.6 Å². The highest BCUT2D eigenvalue weighted by Crippen LogP contribution is 2.33. The van der Waals surface area contributed by atoms with Crippen molar-refractivity contribution in [1.29, 1.82) is 0 Å². The first-order chi connectivity index (χ1) is 9.36. The van der Waals surface area contributed by atoms with Crippen molar-refractivity contribution >= 4 is 17.3 Å². The minimum Gasteiger partial charge on any atom is -0.381 e. The van der Waals surface area contributed by atoms with E-state index in [4.69, 9.17) is 16.3 Å². The second kappa shape index (κ2) is 6.20. The van der Waals surface area contributed by atoms with E-state index in [1.165, 1.54) is 6.07 Å². The largest absolute Gasteiger partial charge is 0.416 e. The normalized spacial score (nSPS) is 20.9. The Morgan fingerprint density at radius 1 is 1.45 bits per heavy atom. The van der Waals surface area contributed by atoms with Crippen molar-refractivity contribution in [3.8, 4) is 0 Å². The maximum atomic E-state index is 12.6. The van der Waals surface area contributed by atoms with E-state index in [0.717, 1.165) is 25.2 Å². The second-order valence-corrected chi connectivity index (χ2v) is 5.24. The van der Waals surface area contributed by atoms with E-state index < -0.39 is 11.7 Å². The Kier molecular flexibility index (Phi) is 4.78. The SMILES string of the molecule is CN1CCOC(CNc2cc(C(F)(F)F)ccc2Cl)C1. The molecule has 1 heterocycles. The van der Waals surface area contributed by atoms with Crippen molar-refractivity contribution in [2.45, 2.75) is 12.3 Å². The molecule has 3 nitrogen and oxygen atoms in total. The van der Waals surface area contributed by atoms with Crippen LogP contribution in [0.4, 0.5) is 18.9 Å². The molecule has 0 aliphatic carbocycles. The molecule has 1 fully saturated rings. The number of anilines is 1. The van der Waals surface area contributed by atoms with Gasteiger partial charge in [-0.3, -0.25) is 0 Å². The summed E-state index contributed by atoms with van der Waals surface area (Å²) in [7, 11) is 1.98. The van der Waals surface area contributed by atoms with Crippen molar-refractivity contribution in [3.05, 3.63) is 28.8 Å². The number of alkyl halides is 3. The van der Waals surface area contributed by atoms with Crippen LogP contribution in [-0.4, -0.2) is 44.3 Å². The van der Waals surface area contributed by atoms with Crippen molar-refractivity contribution in [2.24, 2.45) is 0 Å². The van der Waals surface area contributed by atoms with Crippen LogP contribution in [-0.2, 0) is 10.9 Å². The van der Waals surface area contributed by atoms with Gasteiger partial charge in [-0.15, -0.1) is 0 Å². The Balaban J connectivity index is 2.01. The number of likely N-dealkylation sites (N-methyl/N-ethyl adjacent to an activating group) is 1. The fraction of sp³-hybridized carbons (Fsp3) is 0.538. The van der Waals surface area contributed by atoms with Gasteiger partial charge in [-0.25, -0.2) is 0 Å². The Morgan fingerprint density at radius 3 is 2.85 bits per heavy atom. The molecule has 1 saturated heterocycles. The fourth-order valence-corrected chi connectivity index (χ4v) is 2.24. The topological polar surface area (TPSA) is 24.5 Å². The van der Waals surface area contributed by atoms with Crippen LogP contribution in [0.3, 0.4) is 0 Å². The molecule has 1 N–H and O–H groups in total. The van der Waals surface area contributed by atoms with Gasteiger partial charge in [0, 0.05) is 19.6 Å². The molecule has 0 amide bonds. The summed E-state index contributed by atoms with van der Waals surface area (Å²) in [4.78, 5) is 2.11. The van der Waals surface area contributed by atoms with Gasteiger partial charge in [0.1, 0.15) is 0 Å². The molecule has 1 aromatic carbocycles. The van der Waals surface area contributed by atoms with Crippen molar-refractivity contribution in [3.63, 3.8) is 0 Å². The lowest BCUT2D eigenvalue weighted by Crippen LogP contribution is -2.43. The lowest BCUT2D eigenvalue weighted by molar-refractivity contribution is -0.137. The highest BCUT2D eigenvalue weighted by Gasteiger charge is 2.31. The molecule has 0 bridgehead atoms. The first kappa shape index (κ1) is 15.4. The maximum absolute atomic E-state index is 12.6. The lowest BCUT2D eigenvalue weighted by atomic mass is 10.2. The minimum absolute atomic E-state index is 0.0561. The number of rotatable bonds is 3. The standard InChI is InChI=1S/C13H16ClF3N2O/c1-19-4-5-20-10(8-19)7-18-12-6-9(13(15,16)17)2-3-11(12)14/h2-3,6,10,18H,4-5,7-8H2,1H3. The smallest absolute Gasteiger partial charge is 0.381 e. The number of ether oxygens (including phenoxy) is 1. The van der Waals surface area contributed by atoms with Crippen LogP contribution in [0.15, 0.2) is 18.2 Å². The summed E-state index contributed by atoms with van der Waals surface area (Å²) in [5.41, 5.74) is -0.440. The third-order valence-corrected chi connectivity index (χ3v) is 3.49. The summed E-state index contributed by atoms with van der Waals surface area (Å²) < 4.78 is 43.5. The molecule has 1 aliphatic heterocycles. The van der Waals surface area contributed by atoms with Crippen LogP contribution in [0.25, 0.3) is 0 Å². The fourth-order valence-electron chi connectivity index (χ4n) is 2.05. The zero-order valence-electron chi connectivity index (χ0n) is 11.0. The number of halogens is 4. The van der Waals surface area contributed by atoms with Gasteiger partial charge >= 0.3 is 6.18 Å². The average Bonchev–Trinajstić information content (AvgIpc) is 2.36. The van der Waals surface area contributed by atoms with Gasteiger partial charge in [0.05, 0.1) is 29.0 Å². The van der Waals surface area contributed by atoms with Gasteiger partial charge in [0.15, 0.2) is 0 Å². The molecule has 0 aromatic heterocycles. The molecule has 7 heteroatoms. The molecule has 20 heavy (non-hydrogen) atoms. The quantitative estimate of drug-likeness (QED) is 0.928. The van der Waals surface area contributed by atoms with Gasteiger partial charge in [0.25, 0.3) is 0 Å².